The Labute approximate surface area is 341 Å². The summed E-state index contributed by atoms with van der Waals surface area (Å²) in [5.41, 5.74) is -0.197. The Morgan fingerprint density at radius 3 is 1.80 bits per heavy atom. The zero-order valence-electron chi connectivity index (χ0n) is 32.0. The summed E-state index contributed by atoms with van der Waals surface area (Å²) in [6, 6.07) is 22.0. The van der Waals surface area contributed by atoms with E-state index in [1.54, 1.807) is 59.3 Å². The molecule has 6 atom stereocenters. The molecule has 0 aromatic heterocycles. The molecule has 16 heteroatoms. The molecule has 56 heavy (non-hydrogen) atoms. The second kappa shape index (κ2) is 21.2. The summed E-state index contributed by atoms with van der Waals surface area (Å²) in [6.45, 7) is 6.11. The molecule has 0 radical (unpaired) electrons. The zero-order valence-corrected chi connectivity index (χ0v) is 34.5. The third-order valence-corrected chi connectivity index (χ3v) is 11.8. The van der Waals surface area contributed by atoms with E-state index in [1.807, 2.05) is 54.6 Å². The minimum atomic E-state index is -1.01. The highest BCUT2D eigenvalue weighted by molar-refractivity contribution is 8.00. The van der Waals surface area contributed by atoms with Gasteiger partial charge in [0.25, 0.3) is 5.91 Å². The second-order valence-corrected chi connectivity index (χ2v) is 16.4. The van der Waals surface area contributed by atoms with Gasteiger partial charge in [0.1, 0.15) is 29.2 Å². The van der Waals surface area contributed by atoms with Gasteiger partial charge >= 0.3 is 23.9 Å². The number of amides is 1. The highest BCUT2D eigenvalue weighted by Gasteiger charge is 2.50. The third-order valence-electron chi connectivity index (χ3n) is 8.96. The number of carbonyl (C=O) groups excluding carboxylic acids is 3. The zero-order chi connectivity index (χ0) is 40.3. The molecule has 1 amide bonds. The number of para-hydroxylation sites is 2. The summed E-state index contributed by atoms with van der Waals surface area (Å²) in [6.07, 6.45) is -0.195. The minimum Gasteiger partial charge on any atom is -0.496 e. The van der Waals surface area contributed by atoms with E-state index >= 15 is 0 Å². The first-order chi connectivity index (χ1) is 26.2. The highest BCUT2D eigenvalue weighted by atomic mass is 35.5. The van der Waals surface area contributed by atoms with E-state index in [0.717, 1.165) is 9.79 Å². The molecule has 0 spiro atoms. The minimum absolute atomic E-state index is 0. The molecule has 13 nitrogen and oxygen atoms in total. The van der Waals surface area contributed by atoms with Crippen LogP contribution in [0, 0.1) is 11.8 Å². The molecule has 0 bridgehead atoms. The molecular weight excluding hydrogens is 784 g/mol. The van der Waals surface area contributed by atoms with E-state index in [9.17, 15) is 29.1 Å². The van der Waals surface area contributed by atoms with Crippen molar-refractivity contribution in [1.82, 2.24) is 10.2 Å². The number of methoxy groups -OCH3 is 3. The van der Waals surface area contributed by atoms with E-state index in [1.165, 1.54) is 35.5 Å². The van der Waals surface area contributed by atoms with Gasteiger partial charge in [0, 0.05) is 50.8 Å². The first-order valence-electron chi connectivity index (χ1n) is 17.6. The number of carboxylic acid groups (broad SMARTS) is 2. The number of hydrogen-bond acceptors (Lipinski definition) is 12. The first-order valence-corrected chi connectivity index (χ1v) is 19.4. The van der Waals surface area contributed by atoms with Crippen LogP contribution in [0.15, 0.2) is 88.7 Å². The van der Waals surface area contributed by atoms with Crippen LogP contribution >= 0.6 is 35.9 Å². The summed E-state index contributed by atoms with van der Waals surface area (Å²) in [5.74, 6) is -2.84. The van der Waals surface area contributed by atoms with Crippen LogP contribution in [0.1, 0.15) is 44.0 Å². The van der Waals surface area contributed by atoms with Gasteiger partial charge < -0.3 is 39.4 Å². The number of rotatable bonds is 13. The van der Waals surface area contributed by atoms with E-state index < -0.39 is 53.4 Å². The molecular formula is C40H49ClN2O11S2. The van der Waals surface area contributed by atoms with Crippen molar-refractivity contribution in [2.45, 2.75) is 71.6 Å². The third kappa shape index (κ3) is 12.3. The SMILES string of the molecule is COC(=O)[C@@H]1[C@@H](CC(=O)OC(C)(C)C)[C@@H](Sc2ccccc2OC)CN1C(=O)c1ccccc1.COc1ccccc1S[C@H]1CN[C@H](C(=O)O)[C@H]1CC(=O)O.Cl. The van der Waals surface area contributed by atoms with E-state index in [0.29, 0.717) is 23.6 Å². The molecule has 5 rings (SSSR count). The molecule has 3 N–H and O–H groups in total. The lowest BCUT2D eigenvalue weighted by Crippen LogP contribution is -2.44. The number of nitrogens with zero attached hydrogens (tertiary/aromatic N) is 1. The molecule has 2 aliphatic rings. The van der Waals surface area contributed by atoms with E-state index in [-0.39, 0.29) is 48.2 Å². The average Bonchev–Trinajstić information content (AvgIpc) is 3.71. The number of hydrogen-bond donors (Lipinski definition) is 3. The number of thioether (sulfide) groups is 2. The van der Waals surface area contributed by atoms with Crippen LogP contribution in [0.4, 0.5) is 0 Å². The maximum absolute atomic E-state index is 13.4. The lowest BCUT2D eigenvalue weighted by atomic mass is 9.95. The van der Waals surface area contributed by atoms with Gasteiger partial charge in [-0.1, -0.05) is 42.5 Å². The van der Waals surface area contributed by atoms with Gasteiger partial charge in [0.05, 0.1) is 34.2 Å². The van der Waals surface area contributed by atoms with Gasteiger partial charge in [-0.05, 0) is 57.2 Å². The lowest BCUT2D eigenvalue weighted by molar-refractivity contribution is -0.157. The number of benzene rings is 3. The number of esters is 2. The number of ether oxygens (including phenoxy) is 4. The number of carboxylic acids is 2. The van der Waals surface area contributed by atoms with Gasteiger partial charge in [-0.3, -0.25) is 19.2 Å². The van der Waals surface area contributed by atoms with Crippen molar-refractivity contribution in [3.8, 4) is 11.5 Å². The smallest absolute Gasteiger partial charge is 0.328 e. The van der Waals surface area contributed by atoms with Crippen molar-refractivity contribution in [3.05, 3.63) is 84.4 Å². The van der Waals surface area contributed by atoms with Crippen LogP contribution in [0.25, 0.3) is 0 Å². The summed E-state index contributed by atoms with van der Waals surface area (Å²) < 4.78 is 21.4. The van der Waals surface area contributed by atoms with Crippen LogP contribution in [-0.2, 0) is 28.7 Å². The molecule has 2 fully saturated rings. The van der Waals surface area contributed by atoms with Crippen LogP contribution in [0.5, 0.6) is 11.5 Å². The summed E-state index contributed by atoms with van der Waals surface area (Å²) in [4.78, 5) is 64.7. The van der Waals surface area contributed by atoms with Crippen LogP contribution < -0.4 is 14.8 Å². The van der Waals surface area contributed by atoms with Crippen molar-refractivity contribution >= 4 is 65.7 Å². The second-order valence-electron chi connectivity index (χ2n) is 13.8. The predicted molar refractivity (Wildman–Crippen MR) is 215 cm³/mol. The van der Waals surface area contributed by atoms with Crippen molar-refractivity contribution in [3.63, 3.8) is 0 Å². The van der Waals surface area contributed by atoms with Gasteiger partial charge in [-0.25, -0.2) is 4.79 Å². The Bertz CT molecular complexity index is 1810. The molecule has 0 unspecified atom stereocenters. The van der Waals surface area contributed by atoms with Crippen LogP contribution in [0.3, 0.4) is 0 Å². The fourth-order valence-corrected chi connectivity index (χ4v) is 9.33. The number of likely N-dealkylation sites (tertiary alicyclic amines) is 1. The molecule has 304 valence electrons. The molecule has 3 aromatic carbocycles. The molecule has 0 saturated carbocycles. The van der Waals surface area contributed by atoms with Gasteiger partial charge in [-0.2, -0.15) is 0 Å². The van der Waals surface area contributed by atoms with Crippen molar-refractivity contribution in [2.75, 3.05) is 34.4 Å². The molecule has 0 aliphatic carbocycles. The maximum Gasteiger partial charge on any atom is 0.328 e. The molecule has 3 aromatic rings. The fourth-order valence-electron chi connectivity index (χ4n) is 6.57. The summed E-state index contributed by atoms with van der Waals surface area (Å²) >= 11 is 2.94. The van der Waals surface area contributed by atoms with Crippen LogP contribution in [-0.4, -0.2) is 108 Å². The number of nitrogens with one attached hydrogen (secondary N) is 1. The Kier molecular flexibility index (Phi) is 17.4. The van der Waals surface area contributed by atoms with Gasteiger partial charge in [0.15, 0.2) is 0 Å². The fraction of sp³-hybridized carbons (Fsp3) is 0.425. The normalized spacial score (nSPS) is 21.4. The molecule has 2 saturated heterocycles. The summed E-state index contributed by atoms with van der Waals surface area (Å²) in [7, 11) is 4.45. The predicted octanol–water partition coefficient (Wildman–Crippen LogP) is 5.93. The average molecular weight is 833 g/mol. The highest BCUT2D eigenvalue weighted by Crippen LogP contribution is 2.43. The quantitative estimate of drug-likeness (QED) is 0.173. The van der Waals surface area contributed by atoms with E-state index in [4.69, 9.17) is 24.1 Å². The lowest BCUT2D eigenvalue weighted by Gasteiger charge is -2.27. The van der Waals surface area contributed by atoms with Crippen molar-refractivity contribution in [1.29, 1.82) is 0 Å². The Balaban J connectivity index is 0.000000328. The molecule has 2 heterocycles. The Morgan fingerprint density at radius 1 is 0.768 bits per heavy atom. The number of carbonyl (C=O) groups is 5. The number of aliphatic carboxylic acids is 2. The van der Waals surface area contributed by atoms with Crippen molar-refractivity contribution < 1.29 is 53.1 Å². The largest absolute Gasteiger partial charge is 0.496 e. The maximum atomic E-state index is 13.4. The first kappa shape index (κ1) is 45.9. The van der Waals surface area contributed by atoms with Crippen LogP contribution in [0.2, 0.25) is 0 Å². The topological polar surface area (TPSA) is 178 Å². The summed E-state index contributed by atoms with van der Waals surface area (Å²) in [5, 5.41) is 20.7. The van der Waals surface area contributed by atoms with Crippen molar-refractivity contribution in [2.24, 2.45) is 11.8 Å². The standard InChI is InChI=1S/C26H31NO6S.C14H17NO5S.ClH/c1-26(2,3)33-22(28)15-18-21(34-20-14-10-9-13-19(20)31-4)16-27(23(18)25(30)32-5)24(29)17-11-7-6-8-12-17;1-20-9-4-2-3-5-10(9)21-11-7-15-13(14(18)19)8(11)6-12(16)17;/h6-14,18,21,23H,15-16H2,1-5H3;2-5,8,11,13,15H,6-7H2,1H3,(H,16,17)(H,18,19);1H/t18-,21-,23-;8-,11-,13-;/m00./s1. The Morgan fingerprint density at radius 2 is 1.30 bits per heavy atom. The number of halogens is 1. The van der Waals surface area contributed by atoms with E-state index in [2.05, 4.69) is 5.32 Å². The molecule has 2 aliphatic heterocycles. The van der Waals surface area contributed by atoms with Gasteiger partial charge in [-0.15, -0.1) is 35.9 Å². The van der Waals surface area contributed by atoms with Gasteiger partial charge in [0.2, 0.25) is 0 Å². The monoisotopic (exact) mass is 832 g/mol. The Hall–Kier alpha value is -4.44.